The Morgan fingerprint density at radius 1 is 1.11 bits per heavy atom. The second-order valence-electron chi connectivity index (χ2n) is 12.7. The van der Waals surface area contributed by atoms with E-state index < -0.39 is 0 Å². The number of phenolic OH excluding ortho intramolecular Hbond substituents is 1. The number of hydrogen-bond donors (Lipinski definition) is 2. The summed E-state index contributed by atoms with van der Waals surface area (Å²) in [4.78, 5) is 18.9. The molecule has 2 N–H and O–H groups in total. The molecule has 2 aromatic rings. The predicted molar refractivity (Wildman–Crippen MR) is 139 cm³/mol. The van der Waals surface area contributed by atoms with Gasteiger partial charge in [-0.1, -0.05) is 24.3 Å². The molecule has 3 aliphatic heterocycles. The topological polar surface area (TPSA) is 55.8 Å². The van der Waals surface area contributed by atoms with Gasteiger partial charge in [-0.2, -0.15) is 0 Å². The number of nitrogens with one attached hydrogen (secondary N) is 1. The number of carbonyl (C=O) groups is 1. The fraction of sp³-hybridized carbons (Fsp3) is 0.581. The molecule has 5 heteroatoms. The smallest absolute Gasteiger partial charge is 0.254 e. The summed E-state index contributed by atoms with van der Waals surface area (Å²) in [5, 5.41) is 14.2. The zero-order valence-corrected chi connectivity index (χ0v) is 21.0. The molecular formula is C31H37N3O2. The van der Waals surface area contributed by atoms with Gasteiger partial charge in [0.2, 0.25) is 0 Å². The molecule has 2 saturated carbocycles. The highest BCUT2D eigenvalue weighted by Crippen LogP contribution is 2.75. The van der Waals surface area contributed by atoms with Crippen molar-refractivity contribution in [3.63, 3.8) is 0 Å². The van der Waals surface area contributed by atoms with Crippen molar-refractivity contribution in [2.75, 3.05) is 32.7 Å². The fourth-order valence-electron chi connectivity index (χ4n) is 10.5. The molecule has 0 aromatic heterocycles. The summed E-state index contributed by atoms with van der Waals surface area (Å²) in [6.45, 7) is 5.61. The molecule has 3 saturated heterocycles. The van der Waals surface area contributed by atoms with E-state index in [1.807, 2.05) is 36.4 Å². The van der Waals surface area contributed by atoms with Crippen LogP contribution in [0.2, 0.25) is 0 Å². The normalized spacial score (nSPS) is 40.2. The molecule has 8 rings (SSSR count). The summed E-state index contributed by atoms with van der Waals surface area (Å²) in [7, 11) is 0. The van der Waals surface area contributed by atoms with Crippen molar-refractivity contribution in [1.82, 2.24) is 15.1 Å². The predicted octanol–water partition coefficient (Wildman–Crippen LogP) is 3.81. The number of hydrogen-bond acceptors (Lipinski definition) is 4. The molecule has 0 radical (unpaired) electrons. The number of nitrogens with zero attached hydrogens (tertiary/aromatic N) is 2. The van der Waals surface area contributed by atoms with Crippen LogP contribution in [0.3, 0.4) is 0 Å². The molecule has 3 heterocycles. The monoisotopic (exact) mass is 483 g/mol. The number of rotatable bonds is 3. The Hall–Kier alpha value is -2.37. The lowest BCUT2D eigenvalue weighted by Crippen LogP contribution is -2.70. The Labute approximate surface area is 213 Å². The van der Waals surface area contributed by atoms with Gasteiger partial charge in [-0.15, -0.1) is 0 Å². The van der Waals surface area contributed by atoms with Crippen LogP contribution in [-0.4, -0.2) is 65.6 Å². The molecule has 36 heavy (non-hydrogen) atoms. The van der Waals surface area contributed by atoms with E-state index in [-0.39, 0.29) is 16.7 Å². The molecule has 0 spiro atoms. The maximum atomic E-state index is 13.7. The maximum Gasteiger partial charge on any atom is 0.254 e. The van der Waals surface area contributed by atoms with Gasteiger partial charge in [0.1, 0.15) is 5.75 Å². The molecule has 4 bridgehead atoms. The first-order valence-corrected chi connectivity index (χ1v) is 14.2. The summed E-state index contributed by atoms with van der Waals surface area (Å²) < 4.78 is 0. The van der Waals surface area contributed by atoms with Crippen molar-refractivity contribution in [1.29, 1.82) is 0 Å². The van der Waals surface area contributed by atoms with Crippen LogP contribution in [0.5, 0.6) is 5.75 Å². The quantitative estimate of drug-likeness (QED) is 0.697. The first-order valence-electron chi connectivity index (χ1n) is 14.2. The largest absolute Gasteiger partial charge is 0.508 e. The Bertz CT molecular complexity index is 1210. The molecule has 7 atom stereocenters. The molecule has 5 unspecified atom stereocenters. The van der Waals surface area contributed by atoms with Crippen LogP contribution >= 0.6 is 0 Å². The maximum absolute atomic E-state index is 13.7. The second kappa shape index (κ2) is 7.58. The molecule has 188 valence electrons. The third kappa shape index (κ3) is 2.66. The van der Waals surface area contributed by atoms with Gasteiger partial charge in [-0.25, -0.2) is 0 Å². The van der Waals surface area contributed by atoms with Crippen LogP contribution in [-0.2, 0) is 11.8 Å². The molecule has 6 aliphatic rings. The van der Waals surface area contributed by atoms with Gasteiger partial charge >= 0.3 is 0 Å². The minimum atomic E-state index is 0.0910. The van der Waals surface area contributed by atoms with E-state index in [1.165, 1.54) is 43.4 Å². The lowest BCUT2D eigenvalue weighted by Gasteiger charge is -2.66. The molecule has 1 amide bonds. The van der Waals surface area contributed by atoms with E-state index in [1.54, 1.807) is 0 Å². The molecule has 2 aromatic carbocycles. The Morgan fingerprint density at radius 3 is 2.83 bits per heavy atom. The minimum Gasteiger partial charge on any atom is -0.508 e. The van der Waals surface area contributed by atoms with Crippen LogP contribution in [0, 0.1) is 23.2 Å². The van der Waals surface area contributed by atoms with Crippen molar-refractivity contribution >= 4 is 5.91 Å². The highest BCUT2D eigenvalue weighted by molar-refractivity contribution is 5.94. The summed E-state index contributed by atoms with van der Waals surface area (Å²) in [5.41, 5.74) is 4.09. The van der Waals surface area contributed by atoms with E-state index >= 15 is 0 Å². The summed E-state index contributed by atoms with van der Waals surface area (Å²) in [5.74, 6) is 2.47. The van der Waals surface area contributed by atoms with Crippen LogP contribution in [0.25, 0.3) is 0 Å². The number of piperidine rings is 1. The number of aromatic hydroxyl groups is 1. The number of phenols is 1. The third-order valence-corrected chi connectivity index (χ3v) is 11.5. The Kier molecular flexibility index (Phi) is 4.57. The van der Waals surface area contributed by atoms with Gasteiger partial charge < -0.3 is 15.3 Å². The first kappa shape index (κ1) is 21.7. The molecule has 5 fully saturated rings. The highest BCUT2D eigenvalue weighted by atomic mass is 16.3. The average Bonchev–Trinajstić information content (AvgIpc) is 3.57. The van der Waals surface area contributed by atoms with Gasteiger partial charge in [-0.3, -0.25) is 9.69 Å². The number of likely N-dealkylation sites (tertiary alicyclic amines) is 2. The van der Waals surface area contributed by atoms with Crippen LogP contribution in [0.1, 0.15) is 53.6 Å². The lowest BCUT2D eigenvalue weighted by atomic mass is 9.43. The van der Waals surface area contributed by atoms with Crippen molar-refractivity contribution in [3.8, 4) is 5.75 Å². The SMILES string of the molecule is O=C(c1ccccc1)N1C[C@H]2CC34CCC1C2C31CCN(C[C@H]2CCNC2)C4Cc2ccc(O)cc21. The summed E-state index contributed by atoms with van der Waals surface area (Å²) in [6.07, 6.45) is 7.18. The van der Waals surface area contributed by atoms with E-state index in [0.717, 1.165) is 50.5 Å². The van der Waals surface area contributed by atoms with Gasteiger partial charge in [-0.05, 0) is 117 Å². The van der Waals surface area contributed by atoms with Gasteiger partial charge in [0.25, 0.3) is 5.91 Å². The Balaban J connectivity index is 1.22. The fourth-order valence-corrected chi connectivity index (χ4v) is 10.5. The van der Waals surface area contributed by atoms with Crippen molar-refractivity contribution < 1.29 is 9.90 Å². The number of amides is 1. The van der Waals surface area contributed by atoms with Gasteiger partial charge in [0, 0.05) is 36.2 Å². The summed E-state index contributed by atoms with van der Waals surface area (Å²) in [6, 6.07) is 17.1. The molecule has 5 nitrogen and oxygen atoms in total. The second-order valence-corrected chi connectivity index (χ2v) is 12.7. The van der Waals surface area contributed by atoms with Crippen LogP contribution in [0.4, 0.5) is 0 Å². The number of carbonyl (C=O) groups excluding carboxylic acids is 1. The van der Waals surface area contributed by atoms with Gasteiger partial charge in [0.05, 0.1) is 0 Å². The third-order valence-electron chi connectivity index (χ3n) is 11.5. The number of fused-ring (bicyclic) bond motifs is 1. The highest BCUT2D eigenvalue weighted by Gasteiger charge is 2.76. The van der Waals surface area contributed by atoms with E-state index in [0.29, 0.717) is 29.7 Å². The van der Waals surface area contributed by atoms with Crippen LogP contribution in [0.15, 0.2) is 48.5 Å². The van der Waals surface area contributed by atoms with E-state index in [9.17, 15) is 9.90 Å². The van der Waals surface area contributed by atoms with Crippen molar-refractivity contribution in [2.24, 2.45) is 23.2 Å². The first-order chi connectivity index (χ1) is 17.6. The summed E-state index contributed by atoms with van der Waals surface area (Å²) >= 11 is 0. The minimum absolute atomic E-state index is 0.0910. The zero-order chi connectivity index (χ0) is 24.1. The Morgan fingerprint density at radius 2 is 2.00 bits per heavy atom. The standard InChI is InChI=1S/C31H37N3O2/c35-24-7-6-22-14-27-30-10-8-26-28(23(16-30)19-34(26)29(36)21-4-2-1-3-5-21)31(30,25(22)15-24)11-13-33(27)18-20-9-12-32-17-20/h1-7,15,20,23,26-28,32,35H,8-14,16-19H2/t20-,23+,26?,27?,28?,30?,31?/m0/s1. The van der Waals surface area contributed by atoms with Crippen molar-refractivity contribution in [3.05, 3.63) is 65.2 Å². The number of benzene rings is 2. The molecular weight excluding hydrogens is 446 g/mol. The lowest BCUT2D eigenvalue weighted by molar-refractivity contribution is -0.104. The van der Waals surface area contributed by atoms with Gasteiger partial charge in [0.15, 0.2) is 0 Å². The van der Waals surface area contributed by atoms with E-state index in [4.69, 9.17) is 0 Å². The average molecular weight is 484 g/mol. The van der Waals surface area contributed by atoms with Crippen LogP contribution < -0.4 is 5.32 Å². The van der Waals surface area contributed by atoms with E-state index in [2.05, 4.69) is 27.2 Å². The van der Waals surface area contributed by atoms with Crippen molar-refractivity contribution in [2.45, 2.75) is 56.0 Å². The molecule has 3 aliphatic carbocycles. The zero-order valence-electron chi connectivity index (χ0n) is 21.0.